The van der Waals surface area contributed by atoms with Crippen LogP contribution in [-0.4, -0.2) is 40.2 Å². The number of fused-ring (bicyclic) bond motifs is 1. The summed E-state index contributed by atoms with van der Waals surface area (Å²) in [4.78, 5) is 20.2. The molecule has 1 saturated carbocycles. The van der Waals surface area contributed by atoms with Gasteiger partial charge >= 0.3 is 0 Å². The summed E-state index contributed by atoms with van der Waals surface area (Å²) in [5, 5.41) is 1.20. The molecule has 27 heavy (non-hydrogen) atoms. The largest absolute Gasteiger partial charge is 0.348 e. The summed E-state index contributed by atoms with van der Waals surface area (Å²) in [6.45, 7) is 5.17. The van der Waals surface area contributed by atoms with Crippen LogP contribution < -0.4 is 0 Å². The average Bonchev–Trinajstić information content (AvgIpc) is 3.36. The van der Waals surface area contributed by atoms with Crippen LogP contribution in [0.25, 0.3) is 10.9 Å². The van der Waals surface area contributed by atoms with Crippen LogP contribution in [0.1, 0.15) is 53.7 Å². The van der Waals surface area contributed by atoms with Crippen LogP contribution in [0.4, 0.5) is 0 Å². The molecule has 1 atom stereocenters. The zero-order chi connectivity index (χ0) is 18.7. The first-order valence-corrected chi connectivity index (χ1v) is 10.1. The number of benzene rings is 1. The maximum Gasteiger partial charge on any atom is 0.254 e. The Morgan fingerprint density at radius 2 is 2.00 bits per heavy atom. The van der Waals surface area contributed by atoms with Crippen molar-refractivity contribution < 1.29 is 4.79 Å². The Labute approximate surface area is 160 Å². The quantitative estimate of drug-likeness (QED) is 0.802. The van der Waals surface area contributed by atoms with Crippen LogP contribution in [0.3, 0.4) is 0 Å². The molecule has 4 heteroatoms. The number of carbonyl (C=O) groups is 1. The summed E-state index contributed by atoms with van der Waals surface area (Å²) in [5.41, 5.74) is 7.45. The molecule has 0 radical (unpaired) electrons. The van der Waals surface area contributed by atoms with Crippen molar-refractivity contribution in [1.82, 2.24) is 9.47 Å². The van der Waals surface area contributed by atoms with Crippen LogP contribution in [0.5, 0.6) is 0 Å². The van der Waals surface area contributed by atoms with Gasteiger partial charge < -0.3 is 9.47 Å². The first kappa shape index (κ1) is 16.8. The zero-order valence-electron chi connectivity index (χ0n) is 16.5. The van der Waals surface area contributed by atoms with E-state index in [-0.39, 0.29) is 5.91 Å². The highest BCUT2D eigenvalue weighted by atomic mass is 16.2. The van der Waals surface area contributed by atoms with Gasteiger partial charge in [-0.2, -0.15) is 0 Å². The standard InChI is InChI=1S/C23H27N3O/c1-14-15(2)25(3)22-9-5-16(11-21(14)22)23(27)26(19-7-8-19)20-6-4-17-12-24-13-18(17)10-20/h5,9,11,13,19-20H,4,6-8,10,12H2,1-3H3. The van der Waals surface area contributed by atoms with E-state index in [1.165, 1.54) is 33.3 Å². The number of nitrogens with zero attached hydrogens (tertiary/aromatic N) is 3. The molecule has 1 unspecified atom stereocenters. The topological polar surface area (TPSA) is 37.6 Å². The number of hydrogen-bond donors (Lipinski definition) is 0. The fourth-order valence-corrected chi connectivity index (χ4v) is 4.85. The van der Waals surface area contributed by atoms with Crippen molar-refractivity contribution in [1.29, 1.82) is 0 Å². The Morgan fingerprint density at radius 1 is 1.19 bits per heavy atom. The smallest absolute Gasteiger partial charge is 0.254 e. The summed E-state index contributed by atoms with van der Waals surface area (Å²) in [6, 6.07) is 6.99. The first-order chi connectivity index (χ1) is 13.0. The summed E-state index contributed by atoms with van der Waals surface area (Å²) < 4.78 is 2.21. The molecule has 2 aliphatic carbocycles. The molecule has 1 amide bonds. The lowest BCUT2D eigenvalue weighted by Crippen LogP contribution is -2.43. The zero-order valence-corrected chi connectivity index (χ0v) is 16.5. The Kier molecular flexibility index (Phi) is 3.78. The molecule has 1 aromatic carbocycles. The maximum absolute atomic E-state index is 13.5. The van der Waals surface area contributed by atoms with E-state index >= 15 is 0 Å². The molecule has 4 nitrogen and oxygen atoms in total. The van der Waals surface area contributed by atoms with Gasteiger partial charge in [0.1, 0.15) is 0 Å². The van der Waals surface area contributed by atoms with E-state index in [4.69, 9.17) is 0 Å². The average molecular weight is 361 g/mol. The van der Waals surface area contributed by atoms with Gasteiger partial charge in [0, 0.05) is 47.5 Å². The van der Waals surface area contributed by atoms with Crippen molar-refractivity contribution in [3.8, 4) is 0 Å². The number of aromatic nitrogens is 1. The van der Waals surface area contributed by atoms with Crippen molar-refractivity contribution >= 4 is 23.0 Å². The Hall–Kier alpha value is -2.36. The number of aryl methyl sites for hydroxylation is 2. The van der Waals surface area contributed by atoms with Gasteiger partial charge in [0.2, 0.25) is 0 Å². The predicted molar refractivity (Wildman–Crippen MR) is 110 cm³/mol. The predicted octanol–water partition coefficient (Wildman–Crippen LogP) is 4.33. The second-order valence-electron chi connectivity index (χ2n) is 8.44. The van der Waals surface area contributed by atoms with Gasteiger partial charge in [-0.05, 0) is 80.9 Å². The van der Waals surface area contributed by atoms with Crippen LogP contribution in [0.2, 0.25) is 0 Å². The summed E-state index contributed by atoms with van der Waals surface area (Å²) in [7, 11) is 2.10. The third-order valence-electron chi connectivity index (χ3n) is 6.84. The highest BCUT2D eigenvalue weighted by molar-refractivity contribution is 5.99. The second kappa shape index (κ2) is 6.08. The molecule has 0 bridgehead atoms. The van der Waals surface area contributed by atoms with Gasteiger partial charge in [-0.1, -0.05) is 0 Å². The molecule has 2 aromatic rings. The highest BCUT2D eigenvalue weighted by Crippen LogP contribution is 2.38. The Morgan fingerprint density at radius 3 is 2.78 bits per heavy atom. The molecule has 0 saturated heterocycles. The molecule has 140 valence electrons. The molecular formula is C23H27N3O. The normalized spacial score (nSPS) is 21.8. The van der Waals surface area contributed by atoms with E-state index in [2.05, 4.69) is 47.5 Å². The second-order valence-corrected chi connectivity index (χ2v) is 8.44. The summed E-state index contributed by atoms with van der Waals surface area (Å²) in [5.74, 6) is 0.212. The van der Waals surface area contributed by atoms with E-state index in [1.54, 1.807) is 0 Å². The van der Waals surface area contributed by atoms with Crippen LogP contribution >= 0.6 is 0 Å². The van der Waals surface area contributed by atoms with E-state index in [1.807, 2.05) is 12.3 Å². The Bertz CT molecular complexity index is 1010. The SMILES string of the molecule is Cc1c(C)n(C)c2ccc(C(=O)N(C3CC3)C3CCC4=C(C=NC4)C3)cc12. The lowest BCUT2D eigenvalue weighted by atomic mass is 9.88. The van der Waals surface area contributed by atoms with Crippen molar-refractivity contribution in [3.05, 3.63) is 46.2 Å². The lowest BCUT2D eigenvalue weighted by Gasteiger charge is -2.35. The number of rotatable bonds is 3. The minimum Gasteiger partial charge on any atom is -0.348 e. The molecule has 5 rings (SSSR count). The van der Waals surface area contributed by atoms with E-state index in [0.717, 1.165) is 44.2 Å². The summed E-state index contributed by atoms with van der Waals surface area (Å²) >= 11 is 0. The summed E-state index contributed by atoms with van der Waals surface area (Å²) in [6.07, 6.45) is 7.48. The monoisotopic (exact) mass is 361 g/mol. The number of carbonyl (C=O) groups excluding carboxylic acids is 1. The van der Waals surface area contributed by atoms with Crippen LogP contribution in [-0.2, 0) is 7.05 Å². The highest BCUT2D eigenvalue weighted by Gasteiger charge is 2.39. The minimum absolute atomic E-state index is 0.212. The number of amides is 1. The molecule has 1 aromatic heterocycles. The molecular weight excluding hydrogens is 334 g/mol. The number of aliphatic imine (C=N–C) groups is 1. The maximum atomic E-state index is 13.5. The molecule has 0 N–H and O–H groups in total. The van der Waals surface area contributed by atoms with Crippen LogP contribution in [0, 0.1) is 13.8 Å². The van der Waals surface area contributed by atoms with E-state index < -0.39 is 0 Å². The fraction of sp³-hybridized carbons (Fsp3) is 0.478. The van der Waals surface area contributed by atoms with E-state index in [9.17, 15) is 4.79 Å². The van der Waals surface area contributed by atoms with Gasteiger partial charge in [0.05, 0.1) is 6.54 Å². The van der Waals surface area contributed by atoms with Gasteiger partial charge in [0.15, 0.2) is 0 Å². The molecule has 1 fully saturated rings. The van der Waals surface area contributed by atoms with Crippen molar-refractivity contribution in [3.63, 3.8) is 0 Å². The molecule has 2 heterocycles. The lowest BCUT2D eigenvalue weighted by molar-refractivity contribution is 0.0645. The van der Waals surface area contributed by atoms with Crippen molar-refractivity contribution in [2.75, 3.05) is 6.54 Å². The van der Waals surface area contributed by atoms with Crippen molar-refractivity contribution in [2.24, 2.45) is 12.0 Å². The molecule has 1 aliphatic heterocycles. The van der Waals surface area contributed by atoms with Crippen molar-refractivity contribution in [2.45, 2.75) is 58.0 Å². The van der Waals surface area contributed by atoms with Gasteiger partial charge in [0.25, 0.3) is 5.91 Å². The Balaban J connectivity index is 1.48. The van der Waals surface area contributed by atoms with E-state index in [0.29, 0.717) is 12.1 Å². The molecule has 0 spiro atoms. The van der Waals surface area contributed by atoms with Gasteiger partial charge in [-0.15, -0.1) is 0 Å². The fourth-order valence-electron chi connectivity index (χ4n) is 4.85. The van der Waals surface area contributed by atoms with Gasteiger partial charge in [-0.3, -0.25) is 9.79 Å². The third-order valence-corrected chi connectivity index (χ3v) is 6.84. The molecule has 3 aliphatic rings. The minimum atomic E-state index is 0.212. The number of hydrogen-bond acceptors (Lipinski definition) is 2. The van der Waals surface area contributed by atoms with Crippen LogP contribution in [0.15, 0.2) is 34.3 Å². The van der Waals surface area contributed by atoms with Gasteiger partial charge in [-0.25, -0.2) is 0 Å². The first-order valence-electron chi connectivity index (χ1n) is 10.1. The third kappa shape index (κ3) is 2.65.